The number of ether oxygens (including phenoxy) is 2. The first-order valence-corrected chi connectivity index (χ1v) is 11.1. The van der Waals surface area contributed by atoms with Crippen LogP contribution in [0.5, 0.6) is 11.6 Å². The third kappa shape index (κ3) is 4.67. The zero-order valence-electron chi connectivity index (χ0n) is 18.9. The molecule has 2 aromatic carbocycles. The Hall–Kier alpha value is -4.37. The van der Waals surface area contributed by atoms with E-state index in [1.54, 1.807) is 17.9 Å². The molecule has 1 amide bonds. The van der Waals surface area contributed by atoms with Crippen LogP contribution < -0.4 is 14.8 Å². The van der Waals surface area contributed by atoms with Crippen LogP contribution in [0.4, 0.5) is 5.82 Å². The first kappa shape index (κ1) is 22.4. The summed E-state index contributed by atoms with van der Waals surface area (Å²) >= 11 is 6.13. The minimum absolute atomic E-state index is 0.244. The molecule has 0 unspecified atom stereocenters. The second-order valence-corrected chi connectivity index (χ2v) is 8.10. The number of benzene rings is 2. The fourth-order valence-electron chi connectivity index (χ4n) is 3.66. The normalized spacial score (nSPS) is 10.9. The number of aromatic nitrogens is 5. The van der Waals surface area contributed by atoms with E-state index in [0.717, 1.165) is 28.0 Å². The molecule has 0 atom stereocenters. The number of rotatable bonds is 7. The molecule has 0 aliphatic heterocycles. The van der Waals surface area contributed by atoms with Crippen LogP contribution >= 0.6 is 11.6 Å². The first-order chi connectivity index (χ1) is 17.0. The maximum absolute atomic E-state index is 12.9. The second kappa shape index (κ2) is 9.47. The van der Waals surface area contributed by atoms with Gasteiger partial charge in [0.2, 0.25) is 5.88 Å². The van der Waals surface area contributed by atoms with Gasteiger partial charge in [0, 0.05) is 12.3 Å². The van der Waals surface area contributed by atoms with E-state index in [-0.39, 0.29) is 16.5 Å². The fourth-order valence-corrected chi connectivity index (χ4v) is 3.90. The van der Waals surface area contributed by atoms with Crippen LogP contribution in [0.1, 0.15) is 15.9 Å². The maximum atomic E-state index is 12.9. The molecule has 35 heavy (non-hydrogen) atoms. The van der Waals surface area contributed by atoms with Crippen molar-refractivity contribution in [3.63, 3.8) is 0 Å². The van der Waals surface area contributed by atoms with Crippen molar-refractivity contribution in [3.8, 4) is 23.1 Å². The zero-order chi connectivity index (χ0) is 24.4. The Morgan fingerprint density at radius 2 is 1.89 bits per heavy atom. The largest absolute Gasteiger partial charge is 0.497 e. The van der Waals surface area contributed by atoms with Gasteiger partial charge in [-0.2, -0.15) is 5.10 Å². The zero-order valence-corrected chi connectivity index (χ0v) is 19.7. The number of fused-ring (bicyclic) bond motifs is 1. The summed E-state index contributed by atoms with van der Waals surface area (Å²) in [6.45, 7) is 0.460. The van der Waals surface area contributed by atoms with Crippen molar-refractivity contribution in [2.24, 2.45) is 0 Å². The van der Waals surface area contributed by atoms with Crippen molar-refractivity contribution in [2.45, 2.75) is 6.54 Å². The van der Waals surface area contributed by atoms with Crippen LogP contribution in [0.15, 0.2) is 66.9 Å². The van der Waals surface area contributed by atoms with E-state index in [1.165, 1.54) is 19.4 Å². The summed E-state index contributed by atoms with van der Waals surface area (Å²) in [6, 6.07) is 18.8. The Kier molecular flexibility index (Phi) is 6.07. The fraction of sp³-hybridized carbons (Fsp3) is 0.120. The quantitative estimate of drug-likeness (QED) is 0.341. The van der Waals surface area contributed by atoms with Crippen molar-refractivity contribution in [2.75, 3.05) is 19.5 Å². The number of nitrogens with zero attached hydrogens (tertiary/aromatic N) is 4. The lowest BCUT2D eigenvalue weighted by atomic mass is 10.2. The molecule has 5 rings (SSSR count). The SMILES string of the molecule is COc1ccc(Cn2nc(NC(=O)c3cnc(OC)c(Cl)c3)cc2-c2nc3ccccc3[nH]2)cc1. The molecule has 0 aliphatic carbocycles. The van der Waals surface area contributed by atoms with Gasteiger partial charge in [0.15, 0.2) is 11.6 Å². The molecule has 0 radical (unpaired) electrons. The van der Waals surface area contributed by atoms with Crippen LogP contribution in [-0.2, 0) is 6.54 Å². The summed E-state index contributed by atoms with van der Waals surface area (Å²) in [7, 11) is 3.09. The molecule has 2 N–H and O–H groups in total. The number of nitrogens with one attached hydrogen (secondary N) is 2. The third-order valence-electron chi connectivity index (χ3n) is 5.41. The van der Waals surface area contributed by atoms with Gasteiger partial charge < -0.3 is 19.8 Å². The van der Waals surface area contributed by atoms with E-state index < -0.39 is 5.91 Å². The number of hydrogen-bond acceptors (Lipinski definition) is 6. The highest BCUT2D eigenvalue weighted by atomic mass is 35.5. The van der Waals surface area contributed by atoms with Crippen LogP contribution in [0.25, 0.3) is 22.6 Å². The van der Waals surface area contributed by atoms with E-state index in [9.17, 15) is 4.79 Å². The van der Waals surface area contributed by atoms with E-state index in [2.05, 4.69) is 20.4 Å². The van der Waals surface area contributed by atoms with Crippen molar-refractivity contribution in [1.29, 1.82) is 0 Å². The molecule has 0 spiro atoms. The molecular formula is C25H21ClN6O3. The van der Waals surface area contributed by atoms with Gasteiger partial charge in [0.1, 0.15) is 16.5 Å². The van der Waals surface area contributed by atoms with Crippen LogP contribution in [-0.4, -0.2) is 44.9 Å². The molecule has 0 bridgehead atoms. The molecule has 3 heterocycles. The van der Waals surface area contributed by atoms with Crippen LogP contribution in [0.2, 0.25) is 5.02 Å². The number of H-pyrrole nitrogens is 1. The highest BCUT2D eigenvalue weighted by Gasteiger charge is 2.17. The van der Waals surface area contributed by atoms with Gasteiger partial charge in [0.05, 0.1) is 37.4 Å². The van der Waals surface area contributed by atoms with Crippen molar-refractivity contribution in [3.05, 3.63) is 83.0 Å². The molecule has 10 heteroatoms. The number of carbonyl (C=O) groups excluding carboxylic acids is 1. The van der Waals surface area contributed by atoms with E-state index in [1.807, 2.05) is 48.5 Å². The van der Waals surface area contributed by atoms with E-state index >= 15 is 0 Å². The summed E-state index contributed by atoms with van der Waals surface area (Å²) < 4.78 is 12.1. The van der Waals surface area contributed by atoms with E-state index in [4.69, 9.17) is 26.1 Å². The Balaban J connectivity index is 1.48. The first-order valence-electron chi connectivity index (χ1n) is 10.7. The number of carbonyl (C=O) groups is 1. The number of imidazole rings is 1. The van der Waals surface area contributed by atoms with Crippen LogP contribution in [0, 0.1) is 0 Å². The monoisotopic (exact) mass is 488 g/mol. The van der Waals surface area contributed by atoms with E-state index in [0.29, 0.717) is 18.2 Å². The molecule has 0 saturated carbocycles. The Morgan fingerprint density at radius 1 is 1.09 bits per heavy atom. The maximum Gasteiger partial charge on any atom is 0.258 e. The summed E-state index contributed by atoms with van der Waals surface area (Å²) in [4.78, 5) is 24.9. The molecule has 5 aromatic rings. The smallest absolute Gasteiger partial charge is 0.258 e. The number of halogens is 1. The minimum Gasteiger partial charge on any atom is -0.497 e. The van der Waals surface area contributed by atoms with Crippen molar-refractivity contribution >= 4 is 34.4 Å². The lowest BCUT2D eigenvalue weighted by Gasteiger charge is -2.07. The number of pyridine rings is 1. The molecule has 0 fully saturated rings. The van der Waals surface area contributed by atoms with Gasteiger partial charge in [0.25, 0.3) is 5.91 Å². The van der Waals surface area contributed by atoms with Gasteiger partial charge in [-0.3, -0.25) is 9.48 Å². The lowest BCUT2D eigenvalue weighted by molar-refractivity contribution is 0.102. The standard InChI is InChI=1S/C25H21ClN6O3/c1-34-17-9-7-15(8-10-17)14-32-21(23-28-19-5-3-4-6-20(19)29-23)12-22(31-32)30-24(33)16-11-18(26)25(35-2)27-13-16/h3-13H,14H2,1-2H3,(H,28,29)(H,30,31,33). The molecule has 0 aliphatic rings. The van der Waals surface area contributed by atoms with Gasteiger partial charge in [-0.1, -0.05) is 35.9 Å². The molecule has 0 saturated heterocycles. The summed E-state index contributed by atoms with van der Waals surface area (Å²) in [5, 5.41) is 7.69. The number of para-hydroxylation sites is 2. The molecule has 3 aromatic heterocycles. The second-order valence-electron chi connectivity index (χ2n) is 7.69. The van der Waals surface area contributed by atoms with Gasteiger partial charge >= 0.3 is 0 Å². The minimum atomic E-state index is -0.396. The molecule has 176 valence electrons. The third-order valence-corrected chi connectivity index (χ3v) is 5.68. The highest BCUT2D eigenvalue weighted by molar-refractivity contribution is 6.32. The Bertz CT molecular complexity index is 1480. The number of amides is 1. The Labute approximate surface area is 205 Å². The Morgan fingerprint density at radius 3 is 2.60 bits per heavy atom. The predicted molar refractivity (Wildman–Crippen MR) is 133 cm³/mol. The van der Waals surface area contributed by atoms with Gasteiger partial charge in [-0.05, 0) is 35.9 Å². The highest BCUT2D eigenvalue weighted by Crippen LogP contribution is 2.26. The van der Waals surface area contributed by atoms with Crippen LogP contribution in [0.3, 0.4) is 0 Å². The average molecular weight is 489 g/mol. The summed E-state index contributed by atoms with van der Waals surface area (Å²) in [6.07, 6.45) is 1.40. The lowest BCUT2D eigenvalue weighted by Crippen LogP contribution is -2.13. The number of aromatic amines is 1. The molecular weight excluding hydrogens is 468 g/mol. The van der Waals surface area contributed by atoms with Gasteiger partial charge in [-0.15, -0.1) is 0 Å². The molecule has 9 nitrogen and oxygen atoms in total. The number of methoxy groups -OCH3 is 2. The summed E-state index contributed by atoms with van der Waals surface area (Å²) in [5.41, 5.74) is 3.76. The van der Waals surface area contributed by atoms with Gasteiger partial charge in [-0.25, -0.2) is 9.97 Å². The predicted octanol–water partition coefficient (Wildman–Crippen LogP) is 4.79. The average Bonchev–Trinajstić information content (AvgIpc) is 3.48. The summed E-state index contributed by atoms with van der Waals surface area (Å²) in [5.74, 6) is 1.63. The van der Waals surface area contributed by atoms with Crippen molar-refractivity contribution < 1.29 is 14.3 Å². The topological polar surface area (TPSA) is 107 Å². The van der Waals surface area contributed by atoms with Crippen molar-refractivity contribution in [1.82, 2.24) is 24.7 Å². The number of hydrogen-bond donors (Lipinski definition) is 2. The number of anilines is 1.